The lowest BCUT2D eigenvalue weighted by molar-refractivity contribution is 0.302. The van der Waals surface area contributed by atoms with E-state index in [1.54, 1.807) is 0 Å². The van der Waals surface area contributed by atoms with Crippen LogP contribution in [0.1, 0.15) is 29.9 Å². The summed E-state index contributed by atoms with van der Waals surface area (Å²) in [5.74, 6) is -0.0580. The van der Waals surface area contributed by atoms with Gasteiger partial charge in [0.05, 0.1) is 0 Å². The molecular weight excluding hydrogens is 266 g/mol. The van der Waals surface area contributed by atoms with E-state index < -0.39 is 6.08 Å². The molecule has 0 N–H and O–H groups in total. The highest BCUT2D eigenvalue weighted by molar-refractivity contribution is 5.37. The van der Waals surface area contributed by atoms with Crippen LogP contribution in [0.2, 0.25) is 0 Å². The van der Waals surface area contributed by atoms with Crippen LogP contribution >= 0.6 is 0 Å². The van der Waals surface area contributed by atoms with E-state index in [1.165, 1.54) is 5.56 Å². The Morgan fingerprint density at radius 3 is 2.14 bits per heavy atom. The highest BCUT2D eigenvalue weighted by Crippen LogP contribution is 2.50. The van der Waals surface area contributed by atoms with Gasteiger partial charge in [-0.1, -0.05) is 60.7 Å². The summed E-state index contributed by atoms with van der Waals surface area (Å²) in [6.07, 6.45) is 1.03. The number of aryl methyl sites for hydroxylation is 1. The molecule has 2 aromatic rings. The number of hydrogen-bond donors (Lipinski definition) is 0. The molecule has 1 aliphatic carbocycles. The molecule has 2 atom stereocenters. The average Bonchev–Trinajstić information content (AvgIpc) is 2.47. The Bertz CT molecular complexity index is 611. The summed E-state index contributed by atoms with van der Waals surface area (Å²) in [6.45, 7) is 0. The van der Waals surface area contributed by atoms with Crippen LogP contribution in [-0.2, 0) is 6.42 Å². The van der Waals surface area contributed by atoms with Crippen molar-refractivity contribution in [3.05, 3.63) is 83.4 Å². The molecule has 0 amide bonds. The second-order valence-electron chi connectivity index (χ2n) is 5.64. The zero-order chi connectivity index (χ0) is 14.7. The van der Waals surface area contributed by atoms with E-state index in [2.05, 4.69) is 12.1 Å². The first-order valence-corrected chi connectivity index (χ1v) is 7.39. The summed E-state index contributed by atoms with van der Waals surface area (Å²) in [4.78, 5) is 0. The van der Waals surface area contributed by atoms with Crippen molar-refractivity contribution in [2.45, 2.75) is 25.2 Å². The first kappa shape index (κ1) is 14.0. The van der Waals surface area contributed by atoms with Gasteiger partial charge >= 0.3 is 0 Å². The molecule has 0 radical (unpaired) electrons. The van der Waals surface area contributed by atoms with Crippen molar-refractivity contribution < 1.29 is 8.78 Å². The zero-order valence-corrected chi connectivity index (χ0v) is 11.8. The third kappa shape index (κ3) is 3.05. The number of halogens is 2. The lowest BCUT2D eigenvalue weighted by Crippen LogP contribution is -2.27. The summed E-state index contributed by atoms with van der Waals surface area (Å²) in [5.41, 5.74) is 2.59. The van der Waals surface area contributed by atoms with Gasteiger partial charge in [-0.3, -0.25) is 0 Å². The molecule has 0 heterocycles. The van der Waals surface area contributed by atoms with E-state index in [9.17, 15) is 8.78 Å². The molecule has 2 heteroatoms. The third-order valence-corrected chi connectivity index (χ3v) is 4.38. The molecule has 2 aromatic carbocycles. The van der Waals surface area contributed by atoms with Crippen molar-refractivity contribution in [1.29, 1.82) is 0 Å². The lowest BCUT2D eigenvalue weighted by atomic mass is 9.65. The van der Waals surface area contributed by atoms with Crippen molar-refractivity contribution >= 4 is 0 Å². The van der Waals surface area contributed by atoms with Gasteiger partial charge in [0.1, 0.15) is 0 Å². The minimum Gasteiger partial charge on any atom is -0.173 e. The Hall–Kier alpha value is -1.96. The van der Waals surface area contributed by atoms with E-state index >= 15 is 0 Å². The summed E-state index contributed by atoms with van der Waals surface area (Å²) >= 11 is 0. The van der Waals surface area contributed by atoms with Gasteiger partial charge in [-0.05, 0) is 36.3 Å². The van der Waals surface area contributed by atoms with Crippen molar-refractivity contribution in [3.8, 4) is 0 Å². The van der Waals surface area contributed by atoms with Gasteiger partial charge in [-0.2, -0.15) is 8.78 Å². The van der Waals surface area contributed by atoms with Gasteiger partial charge in [0.25, 0.3) is 6.08 Å². The van der Waals surface area contributed by atoms with Gasteiger partial charge in [0, 0.05) is 11.5 Å². The molecule has 3 rings (SSSR count). The van der Waals surface area contributed by atoms with Crippen LogP contribution in [0.5, 0.6) is 0 Å². The van der Waals surface area contributed by atoms with E-state index in [-0.39, 0.29) is 11.8 Å². The highest BCUT2D eigenvalue weighted by atomic mass is 19.3. The molecule has 0 nitrogen and oxygen atoms in total. The number of hydrogen-bond acceptors (Lipinski definition) is 0. The molecule has 0 spiro atoms. The largest absolute Gasteiger partial charge is 0.270 e. The summed E-state index contributed by atoms with van der Waals surface area (Å²) in [5, 5.41) is 0. The Morgan fingerprint density at radius 2 is 1.52 bits per heavy atom. The van der Waals surface area contributed by atoms with Crippen LogP contribution in [-0.4, -0.2) is 0 Å². The van der Waals surface area contributed by atoms with Gasteiger partial charge in [-0.15, -0.1) is 0 Å². The van der Waals surface area contributed by atoms with Crippen molar-refractivity contribution in [3.63, 3.8) is 0 Å². The molecule has 0 saturated heterocycles. The minimum absolute atomic E-state index is 0.0282. The van der Waals surface area contributed by atoms with Gasteiger partial charge in [0.2, 0.25) is 0 Å². The molecule has 1 aliphatic rings. The smallest absolute Gasteiger partial charge is 0.173 e. The summed E-state index contributed by atoms with van der Waals surface area (Å²) in [6, 6.07) is 19.7. The Balaban J connectivity index is 1.68. The number of allylic oxidation sites excluding steroid dienone is 1. The van der Waals surface area contributed by atoms with E-state index in [0.29, 0.717) is 5.57 Å². The van der Waals surface area contributed by atoms with Crippen molar-refractivity contribution in [1.82, 2.24) is 0 Å². The van der Waals surface area contributed by atoms with Gasteiger partial charge < -0.3 is 0 Å². The number of benzene rings is 2. The molecule has 0 aromatic heterocycles. The second kappa shape index (κ2) is 6.21. The van der Waals surface area contributed by atoms with Crippen LogP contribution in [0.25, 0.3) is 0 Å². The predicted molar refractivity (Wildman–Crippen MR) is 81.3 cm³/mol. The Labute approximate surface area is 124 Å². The quantitative estimate of drug-likeness (QED) is 0.688. The molecule has 21 heavy (non-hydrogen) atoms. The Kier molecular flexibility index (Phi) is 4.14. The van der Waals surface area contributed by atoms with Crippen LogP contribution in [0.3, 0.4) is 0 Å². The maximum absolute atomic E-state index is 13.3. The van der Waals surface area contributed by atoms with E-state index in [1.807, 2.05) is 48.5 Å². The summed E-state index contributed by atoms with van der Waals surface area (Å²) in [7, 11) is 0. The van der Waals surface area contributed by atoms with E-state index in [4.69, 9.17) is 0 Å². The fourth-order valence-corrected chi connectivity index (χ4v) is 3.21. The zero-order valence-electron chi connectivity index (χ0n) is 11.8. The first-order chi connectivity index (χ1) is 10.3. The fourth-order valence-electron chi connectivity index (χ4n) is 3.21. The fraction of sp³-hybridized carbons (Fsp3) is 0.263. The average molecular weight is 284 g/mol. The summed E-state index contributed by atoms with van der Waals surface area (Å²) < 4.78 is 26.5. The molecule has 0 unspecified atom stereocenters. The van der Waals surface area contributed by atoms with E-state index in [0.717, 1.165) is 24.8 Å². The molecule has 0 aliphatic heterocycles. The molecular formula is C19H18F2. The monoisotopic (exact) mass is 284 g/mol. The predicted octanol–water partition coefficient (Wildman–Crippen LogP) is 5.57. The van der Waals surface area contributed by atoms with Crippen LogP contribution < -0.4 is 0 Å². The SMILES string of the molecule is FC(F)=C1[C@@H](CCc2ccccc2)C[C@H]1c1ccccc1. The molecule has 0 bridgehead atoms. The highest BCUT2D eigenvalue weighted by Gasteiger charge is 2.39. The first-order valence-electron chi connectivity index (χ1n) is 7.39. The topological polar surface area (TPSA) is 0 Å². The Morgan fingerprint density at radius 1 is 0.905 bits per heavy atom. The van der Waals surface area contributed by atoms with Crippen molar-refractivity contribution in [2.24, 2.45) is 5.92 Å². The maximum Gasteiger partial charge on any atom is 0.270 e. The normalized spacial score (nSPS) is 21.0. The van der Waals surface area contributed by atoms with Crippen LogP contribution in [0.15, 0.2) is 72.3 Å². The van der Waals surface area contributed by atoms with Crippen molar-refractivity contribution in [2.75, 3.05) is 0 Å². The molecule has 108 valence electrons. The van der Waals surface area contributed by atoms with Gasteiger partial charge in [0.15, 0.2) is 0 Å². The standard InChI is InChI=1S/C19H18F2/c20-19(21)18-16(12-11-14-7-3-1-4-8-14)13-17(18)15-9-5-2-6-10-15/h1-10,16-17H,11-13H2/t16-,17-/m0/s1. The minimum atomic E-state index is -1.48. The van der Waals surface area contributed by atoms with Crippen LogP contribution in [0, 0.1) is 5.92 Å². The maximum atomic E-state index is 13.3. The van der Waals surface area contributed by atoms with Gasteiger partial charge in [-0.25, -0.2) is 0 Å². The molecule has 1 fully saturated rings. The van der Waals surface area contributed by atoms with Crippen LogP contribution in [0.4, 0.5) is 8.78 Å². The lowest BCUT2D eigenvalue weighted by Gasteiger charge is -2.38. The number of rotatable bonds is 4. The third-order valence-electron chi connectivity index (χ3n) is 4.38. The second-order valence-corrected chi connectivity index (χ2v) is 5.64. The molecule has 1 saturated carbocycles.